The van der Waals surface area contributed by atoms with Gasteiger partial charge in [0.05, 0.1) is 5.56 Å². The second kappa shape index (κ2) is 5.82. The van der Waals surface area contributed by atoms with E-state index in [0.717, 1.165) is 19.8 Å². The number of halogens is 2. The van der Waals surface area contributed by atoms with Gasteiger partial charge in [-0.05, 0) is 52.7 Å². The maximum Gasteiger partial charge on any atom is 0.286 e. The fourth-order valence-electron chi connectivity index (χ4n) is 3.48. The van der Waals surface area contributed by atoms with Crippen molar-refractivity contribution in [1.29, 1.82) is 0 Å². The van der Waals surface area contributed by atoms with E-state index >= 15 is 0 Å². The van der Waals surface area contributed by atoms with Crippen LogP contribution in [0.2, 0.25) is 0 Å². The summed E-state index contributed by atoms with van der Waals surface area (Å²) < 4.78 is 26.3. The number of hydrogen-bond acceptors (Lipinski definition) is 3. The number of carbonyl (C=O) groups excluding carboxylic acids is 1. The van der Waals surface area contributed by atoms with Crippen LogP contribution in [0.25, 0.3) is 0 Å². The first-order valence-corrected chi connectivity index (χ1v) is 7.83. The Kier molecular flexibility index (Phi) is 4.50. The third kappa shape index (κ3) is 4.70. The van der Waals surface area contributed by atoms with Crippen LogP contribution >= 0.6 is 0 Å². The monoisotopic (exact) mass is 325 g/mol. The van der Waals surface area contributed by atoms with Crippen LogP contribution in [0.5, 0.6) is 0 Å². The molecule has 0 unspecified atom stereocenters. The van der Waals surface area contributed by atoms with Gasteiger partial charge in [-0.15, -0.1) is 0 Å². The Morgan fingerprint density at radius 3 is 2.26 bits per heavy atom. The molecule has 0 saturated carbocycles. The molecular formula is C17H25F2N3O. The summed E-state index contributed by atoms with van der Waals surface area (Å²) >= 11 is 0. The number of nitrogens with one attached hydrogen (secondary N) is 2. The predicted molar refractivity (Wildman–Crippen MR) is 85.6 cm³/mol. The number of piperidine rings is 1. The smallest absolute Gasteiger partial charge is 0.286 e. The van der Waals surface area contributed by atoms with E-state index in [0.29, 0.717) is 5.56 Å². The van der Waals surface area contributed by atoms with E-state index in [2.05, 4.69) is 43.3 Å². The Hall–Kier alpha value is -1.56. The van der Waals surface area contributed by atoms with Gasteiger partial charge in [0.2, 0.25) is 0 Å². The Morgan fingerprint density at radius 1 is 1.26 bits per heavy atom. The molecule has 1 aromatic rings. The maximum atomic E-state index is 13.2. The van der Waals surface area contributed by atoms with Gasteiger partial charge < -0.3 is 10.6 Å². The Morgan fingerprint density at radius 2 is 1.83 bits per heavy atom. The number of aromatic nitrogens is 1. The zero-order valence-electron chi connectivity index (χ0n) is 14.3. The second-order valence-corrected chi connectivity index (χ2v) is 7.79. The van der Waals surface area contributed by atoms with Crippen LogP contribution in [0.3, 0.4) is 0 Å². The molecule has 2 rings (SSSR count). The van der Waals surface area contributed by atoms with E-state index in [1.54, 1.807) is 0 Å². The number of carbonyl (C=O) groups is 1. The summed E-state index contributed by atoms with van der Waals surface area (Å²) in [6.45, 7) is 9.20. The van der Waals surface area contributed by atoms with Gasteiger partial charge in [-0.2, -0.15) is 8.78 Å². The van der Waals surface area contributed by atoms with Crippen molar-refractivity contribution in [2.75, 3.05) is 0 Å². The SMILES string of the molecule is CC1(C)CC(NC(=O)c2ccc(C(C)(F)F)nc2)CC(C)(C)N1. The van der Waals surface area contributed by atoms with Crippen LogP contribution < -0.4 is 10.6 Å². The highest BCUT2D eigenvalue weighted by Gasteiger charge is 2.38. The van der Waals surface area contributed by atoms with E-state index in [-0.39, 0.29) is 28.7 Å². The highest BCUT2D eigenvalue weighted by Crippen LogP contribution is 2.29. The summed E-state index contributed by atoms with van der Waals surface area (Å²) in [5, 5.41) is 6.55. The fraction of sp³-hybridized carbons (Fsp3) is 0.647. The molecule has 6 heteroatoms. The topological polar surface area (TPSA) is 54.0 Å². The molecule has 0 radical (unpaired) electrons. The van der Waals surface area contributed by atoms with Crippen molar-refractivity contribution in [2.24, 2.45) is 0 Å². The summed E-state index contributed by atoms with van der Waals surface area (Å²) in [4.78, 5) is 16.0. The first kappa shape index (κ1) is 17.8. The van der Waals surface area contributed by atoms with Gasteiger partial charge >= 0.3 is 0 Å². The lowest BCUT2D eigenvalue weighted by Crippen LogP contribution is -2.62. The van der Waals surface area contributed by atoms with Crippen LogP contribution in [-0.4, -0.2) is 28.0 Å². The van der Waals surface area contributed by atoms with E-state index in [1.807, 2.05) is 0 Å². The molecule has 0 spiro atoms. The standard InChI is InChI=1S/C17H25F2N3O/c1-15(2)8-12(9-16(3,4)22-15)21-14(23)11-6-7-13(20-10-11)17(5,18)19/h6-7,10,12,22H,8-9H2,1-5H3,(H,21,23). The van der Waals surface area contributed by atoms with Crippen LogP contribution in [0.4, 0.5) is 8.78 Å². The van der Waals surface area contributed by atoms with Gasteiger partial charge in [0.15, 0.2) is 0 Å². The van der Waals surface area contributed by atoms with Gasteiger partial charge in [-0.25, -0.2) is 0 Å². The van der Waals surface area contributed by atoms with Crippen LogP contribution in [-0.2, 0) is 5.92 Å². The van der Waals surface area contributed by atoms with E-state index in [4.69, 9.17) is 0 Å². The average Bonchev–Trinajstić information content (AvgIpc) is 2.33. The number of alkyl halides is 2. The van der Waals surface area contributed by atoms with Crippen LogP contribution in [0, 0.1) is 0 Å². The van der Waals surface area contributed by atoms with Crippen LogP contribution in [0.1, 0.15) is 63.5 Å². The summed E-state index contributed by atoms with van der Waals surface area (Å²) in [6, 6.07) is 2.62. The average molecular weight is 325 g/mol. The molecule has 4 nitrogen and oxygen atoms in total. The number of amides is 1. The highest BCUT2D eigenvalue weighted by atomic mass is 19.3. The minimum atomic E-state index is -3.00. The number of hydrogen-bond donors (Lipinski definition) is 2. The molecule has 128 valence electrons. The van der Waals surface area contributed by atoms with Crippen molar-refractivity contribution < 1.29 is 13.6 Å². The molecule has 1 saturated heterocycles. The lowest BCUT2D eigenvalue weighted by Gasteiger charge is -2.46. The molecule has 1 aromatic heterocycles. The summed E-state index contributed by atoms with van der Waals surface area (Å²) in [5.41, 5.74) is -0.191. The van der Waals surface area contributed by atoms with E-state index in [9.17, 15) is 13.6 Å². The first-order chi connectivity index (χ1) is 10.4. The number of pyridine rings is 1. The van der Waals surface area contributed by atoms with Gasteiger partial charge in [0, 0.05) is 30.2 Å². The van der Waals surface area contributed by atoms with Crippen molar-refractivity contribution in [3.63, 3.8) is 0 Å². The van der Waals surface area contributed by atoms with Gasteiger partial charge in [0.1, 0.15) is 5.69 Å². The zero-order valence-corrected chi connectivity index (χ0v) is 14.3. The second-order valence-electron chi connectivity index (χ2n) is 7.79. The molecule has 0 aliphatic carbocycles. The van der Waals surface area contributed by atoms with Crippen molar-refractivity contribution in [2.45, 2.75) is 70.5 Å². The zero-order chi connectivity index (χ0) is 17.5. The Bertz CT molecular complexity index is 560. The largest absolute Gasteiger partial charge is 0.349 e. The predicted octanol–water partition coefficient (Wildman–Crippen LogP) is 3.23. The molecule has 1 aliphatic heterocycles. The Labute approximate surface area is 136 Å². The molecule has 0 aromatic carbocycles. The number of nitrogens with zero attached hydrogens (tertiary/aromatic N) is 1. The fourth-order valence-corrected chi connectivity index (χ4v) is 3.48. The van der Waals surface area contributed by atoms with Crippen molar-refractivity contribution in [3.05, 3.63) is 29.6 Å². The van der Waals surface area contributed by atoms with Gasteiger partial charge in [0.25, 0.3) is 11.8 Å². The summed E-state index contributed by atoms with van der Waals surface area (Å²) in [7, 11) is 0. The third-order valence-electron chi connectivity index (χ3n) is 4.00. The molecule has 1 aliphatic rings. The molecular weight excluding hydrogens is 300 g/mol. The van der Waals surface area contributed by atoms with E-state index in [1.165, 1.54) is 18.3 Å². The third-order valence-corrected chi connectivity index (χ3v) is 4.00. The molecule has 23 heavy (non-hydrogen) atoms. The first-order valence-electron chi connectivity index (χ1n) is 7.83. The van der Waals surface area contributed by atoms with Crippen molar-refractivity contribution >= 4 is 5.91 Å². The molecule has 1 fully saturated rings. The lowest BCUT2D eigenvalue weighted by atomic mass is 9.79. The maximum absolute atomic E-state index is 13.2. The Balaban J connectivity index is 2.07. The molecule has 2 N–H and O–H groups in total. The quantitative estimate of drug-likeness (QED) is 0.897. The normalized spacial score (nSPS) is 21.0. The van der Waals surface area contributed by atoms with E-state index < -0.39 is 5.92 Å². The molecule has 0 atom stereocenters. The van der Waals surface area contributed by atoms with Crippen LogP contribution in [0.15, 0.2) is 18.3 Å². The summed E-state index contributed by atoms with van der Waals surface area (Å²) in [6.07, 6.45) is 2.82. The molecule has 0 bridgehead atoms. The highest BCUT2D eigenvalue weighted by molar-refractivity contribution is 5.94. The summed E-state index contributed by atoms with van der Waals surface area (Å²) in [5.74, 6) is -3.28. The molecule has 1 amide bonds. The van der Waals surface area contributed by atoms with Crippen molar-refractivity contribution in [1.82, 2.24) is 15.6 Å². The minimum absolute atomic E-state index is 0.0287. The van der Waals surface area contributed by atoms with Gasteiger partial charge in [-0.3, -0.25) is 9.78 Å². The molecule has 2 heterocycles. The minimum Gasteiger partial charge on any atom is -0.349 e. The van der Waals surface area contributed by atoms with Gasteiger partial charge in [-0.1, -0.05) is 0 Å². The van der Waals surface area contributed by atoms with Crippen molar-refractivity contribution in [3.8, 4) is 0 Å². The number of rotatable bonds is 3. The lowest BCUT2D eigenvalue weighted by molar-refractivity contribution is 0.0127.